The van der Waals surface area contributed by atoms with Gasteiger partial charge in [0, 0.05) is 32.8 Å². The zero-order chi connectivity index (χ0) is 30.6. The van der Waals surface area contributed by atoms with E-state index in [1.165, 1.54) is 43.6 Å². The second kappa shape index (κ2) is 10.4. The molecule has 0 atom stereocenters. The summed E-state index contributed by atoms with van der Waals surface area (Å²) in [5.41, 5.74) is 11.8. The minimum absolute atomic E-state index is 0.635. The number of hydrogen-bond donors (Lipinski definition) is 0. The minimum atomic E-state index is 0.635. The molecular weight excluding hydrogens is 558 g/mol. The fourth-order valence-corrected chi connectivity index (χ4v) is 7.18. The molecule has 0 bridgehead atoms. The van der Waals surface area contributed by atoms with E-state index < -0.39 is 0 Å². The van der Waals surface area contributed by atoms with Crippen molar-refractivity contribution in [3.05, 3.63) is 169 Å². The van der Waals surface area contributed by atoms with Gasteiger partial charge in [-0.05, 0) is 71.3 Å². The number of nitrogens with zero attached hydrogens (tertiary/aromatic N) is 3. The summed E-state index contributed by atoms with van der Waals surface area (Å²) in [7, 11) is 0. The summed E-state index contributed by atoms with van der Waals surface area (Å²) >= 11 is 0. The molecule has 0 aliphatic heterocycles. The van der Waals surface area contributed by atoms with Crippen LogP contribution in [0.3, 0.4) is 0 Å². The molecule has 0 fully saturated rings. The number of para-hydroxylation sites is 5. The second-order valence-electron chi connectivity index (χ2n) is 11.7. The molecule has 0 saturated carbocycles. The summed E-state index contributed by atoms with van der Waals surface area (Å²) in [6.45, 7) is 0. The maximum Gasteiger partial charge on any atom is 0.0991 e. The zero-order valence-corrected chi connectivity index (χ0v) is 24.9. The van der Waals surface area contributed by atoms with E-state index in [0.29, 0.717) is 5.56 Å². The highest BCUT2D eigenvalue weighted by molar-refractivity contribution is 6.10. The number of hydrogen-bond acceptors (Lipinski definition) is 1. The molecule has 0 aliphatic rings. The highest BCUT2D eigenvalue weighted by Gasteiger charge is 2.18. The summed E-state index contributed by atoms with van der Waals surface area (Å²) in [5.74, 6) is 0. The Morgan fingerprint density at radius 1 is 0.391 bits per heavy atom. The molecule has 0 N–H and O–H groups in total. The Morgan fingerprint density at radius 2 is 0.913 bits per heavy atom. The van der Waals surface area contributed by atoms with E-state index in [-0.39, 0.29) is 0 Å². The van der Waals surface area contributed by atoms with Gasteiger partial charge < -0.3 is 9.13 Å². The van der Waals surface area contributed by atoms with E-state index in [4.69, 9.17) is 0 Å². The molecule has 0 amide bonds. The minimum Gasteiger partial charge on any atom is -0.309 e. The molecule has 9 rings (SSSR count). The van der Waals surface area contributed by atoms with Crippen molar-refractivity contribution in [3.63, 3.8) is 0 Å². The molecule has 0 radical (unpaired) electrons. The summed E-state index contributed by atoms with van der Waals surface area (Å²) < 4.78 is 4.71. The van der Waals surface area contributed by atoms with E-state index in [9.17, 15) is 5.26 Å². The highest BCUT2D eigenvalue weighted by atomic mass is 15.0. The average Bonchev–Trinajstić information content (AvgIpc) is 3.64. The predicted octanol–water partition coefficient (Wildman–Crippen LogP) is 11.1. The first-order chi connectivity index (χ1) is 22.8. The van der Waals surface area contributed by atoms with Crippen LogP contribution in [0.5, 0.6) is 0 Å². The van der Waals surface area contributed by atoms with Gasteiger partial charge in [-0.25, -0.2) is 0 Å². The van der Waals surface area contributed by atoms with E-state index in [1.807, 2.05) is 12.1 Å². The normalized spacial score (nSPS) is 11.5. The van der Waals surface area contributed by atoms with E-state index in [2.05, 4.69) is 167 Å². The molecule has 9 aromatic rings. The van der Waals surface area contributed by atoms with Gasteiger partial charge in [0.25, 0.3) is 0 Å². The van der Waals surface area contributed by atoms with Gasteiger partial charge in [-0.2, -0.15) is 5.26 Å². The Balaban J connectivity index is 1.29. The molecule has 0 spiro atoms. The van der Waals surface area contributed by atoms with Crippen molar-refractivity contribution in [2.75, 3.05) is 0 Å². The van der Waals surface area contributed by atoms with Gasteiger partial charge in [0.1, 0.15) is 0 Å². The molecular formula is C43H27N3. The van der Waals surface area contributed by atoms with Crippen molar-refractivity contribution in [3.8, 4) is 39.7 Å². The van der Waals surface area contributed by atoms with Crippen molar-refractivity contribution >= 4 is 43.6 Å². The maximum absolute atomic E-state index is 10.00. The lowest BCUT2D eigenvalue weighted by molar-refractivity contribution is 1.18. The van der Waals surface area contributed by atoms with Crippen LogP contribution in [0.2, 0.25) is 0 Å². The predicted molar refractivity (Wildman–Crippen MR) is 191 cm³/mol. The fourth-order valence-electron chi connectivity index (χ4n) is 7.18. The number of rotatable bonds is 4. The van der Waals surface area contributed by atoms with Crippen LogP contribution in [0.15, 0.2) is 164 Å². The first kappa shape index (κ1) is 26.1. The van der Waals surface area contributed by atoms with Crippen molar-refractivity contribution < 1.29 is 0 Å². The molecule has 7 aromatic carbocycles. The van der Waals surface area contributed by atoms with Crippen molar-refractivity contribution in [1.82, 2.24) is 9.13 Å². The molecule has 2 heterocycles. The topological polar surface area (TPSA) is 33.6 Å². The van der Waals surface area contributed by atoms with Crippen LogP contribution in [0.25, 0.3) is 77.2 Å². The Bertz CT molecular complexity index is 2560. The van der Waals surface area contributed by atoms with Gasteiger partial charge >= 0.3 is 0 Å². The molecule has 214 valence electrons. The van der Waals surface area contributed by atoms with Gasteiger partial charge in [-0.15, -0.1) is 0 Å². The number of benzene rings is 7. The Morgan fingerprint density at radius 3 is 1.50 bits per heavy atom. The van der Waals surface area contributed by atoms with Gasteiger partial charge in [-0.3, -0.25) is 0 Å². The van der Waals surface area contributed by atoms with Gasteiger partial charge in [0.2, 0.25) is 0 Å². The van der Waals surface area contributed by atoms with E-state index >= 15 is 0 Å². The van der Waals surface area contributed by atoms with Gasteiger partial charge in [0.05, 0.1) is 39.4 Å². The lowest BCUT2D eigenvalue weighted by Crippen LogP contribution is -1.99. The Kier molecular flexibility index (Phi) is 5.88. The van der Waals surface area contributed by atoms with Crippen molar-refractivity contribution in [2.45, 2.75) is 0 Å². The van der Waals surface area contributed by atoms with E-state index in [0.717, 1.165) is 33.6 Å². The summed E-state index contributed by atoms with van der Waals surface area (Å²) in [4.78, 5) is 0. The third-order valence-corrected chi connectivity index (χ3v) is 9.16. The number of nitriles is 1. The SMILES string of the molecule is N#Cc1ccc(-c2ccccc2-n2c3ccccc3c3ccccc32)c(-c2cccc(-n3c4ccccc4c4ccccc43)c2)c1. The Labute approximate surface area is 266 Å². The van der Waals surface area contributed by atoms with Gasteiger partial charge in [0.15, 0.2) is 0 Å². The molecule has 3 nitrogen and oxygen atoms in total. The van der Waals surface area contributed by atoms with Crippen LogP contribution < -0.4 is 0 Å². The lowest BCUT2D eigenvalue weighted by Gasteiger charge is -2.18. The molecule has 0 aliphatic carbocycles. The quantitative estimate of drug-likeness (QED) is 0.202. The van der Waals surface area contributed by atoms with E-state index in [1.54, 1.807) is 0 Å². The third kappa shape index (κ3) is 3.91. The standard InChI is InChI=1S/C43H27N3/c44-28-29-24-25-32(33-14-1-8-21-41(33)46-42-22-9-4-17-36(42)37-18-5-10-23-43(37)46)38(26-29)30-12-11-13-31(27-30)45-39-19-6-2-15-34(39)35-16-3-7-20-40(35)45/h1-27H. The largest absolute Gasteiger partial charge is 0.309 e. The summed E-state index contributed by atoms with van der Waals surface area (Å²) in [6, 6.07) is 60.1. The molecule has 2 aromatic heterocycles. The Hall–Kier alpha value is -6.37. The van der Waals surface area contributed by atoms with Crippen molar-refractivity contribution in [1.29, 1.82) is 5.26 Å². The number of aromatic nitrogens is 2. The van der Waals surface area contributed by atoms with Crippen molar-refractivity contribution in [2.24, 2.45) is 0 Å². The first-order valence-corrected chi connectivity index (χ1v) is 15.5. The highest BCUT2D eigenvalue weighted by Crippen LogP contribution is 2.41. The smallest absolute Gasteiger partial charge is 0.0991 e. The first-order valence-electron chi connectivity index (χ1n) is 15.5. The summed E-state index contributed by atoms with van der Waals surface area (Å²) in [6.07, 6.45) is 0. The summed E-state index contributed by atoms with van der Waals surface area (Å²) in [5, 5.41) is 14.9. The lowest BCUT2D eigenvalue weighted by atomic mass is 9.91. The molecule has 0 saturated heterocycles. The maximum atomic E-state index is 10.00. The molecule has 3 heteroatoms. The van der Waals surface area contributed by atoms with Crippen LogP contribution in [-0.4, -0.2) is 9.13 Å². The zero-order valence-electron chi connectivity index (χ0n) is 24.9. The fraction of sp³-hybridized carbons (Fsp3) is 0. The van der Waals surface area contributed by atoms with Crippen LogP contribution in [0.4, 0.5) is 0 Å². The van der Waals surface area contributed by atoms with Crippen LogP contribution in [0, 0.1) is 11.3 Å². The van der Waals surface area contributed by atoms with Crippen LogP contribution >= 0.6 is 0 Å². The number of fused-ring (bicyclic) bond motifs is 6. The monoisotopic (exact) mass is 585 g/mol. The van der Waals surface area contributed by atoms with Crippen LogP contribution in [0.1, 0.15) is 5.56 Å². The third-order valence-electron chi connectivity index (χ3n) is 9.16. The molecule has 46 heavy (non-hydrogen) atoms. The molecule has 0 unspecified atom stereocenters. The van der Waals surface area contributed by atoms with Gasteiger partial charge in [-0.1, -0.05) is 109 Å². The average molecular weight is 586 g/mol. The second-order valence-corrected chi connectivity index (χ2v) is 11.7. The van der Waals surface area contributed by atoms with Crippen LogP contribution in [-0.2, 0) is 0 Å².